The predicted molar refractivity (Wildman–Crippen MR) is 62.0 cm³/mol. The highest BCUT2D eigenvalue weighted by molar-refractivity contribution is 6.34. The van der Waals surface area contributed by atoms with Crippen LogP contribution >= 0.6 is 11.6 Å². The first-order valence-electron chi connectivity index (χ1n) is 4.81. The van der Waals surface area contributed by atoms with Gasteiger partial charge in [-0.05, 0) is 20.0 Å². The molecule has 0 fully saturated rings. The summed E-state index contributed by atoms with van der Waals surface area (Å²) in [6.45, 7) is 2.01. The van der Waals surface area contributed by atoms with Crippen molar-refractivity contribution in [1.29, 1.82) is 0 Å². The molecule has 15 heavy (non-hydrogen) atoms. The SMILES string of the molecule is CNC(C)c1ncc2cccc(Cl)c2n1. The summed E-state index contributed by atoms with van der Waals surface area (Å²) in [4.78, 5) is 8.73. The first-order valence-corrected chi connectivity index (χ1v) is 5.18. The van der Waals surface area contributed by atoms with Crippen molar-refractivity contribution in [2.45, 2.75) is 13.0 Å². The lowest BCUT2D eigenvalue weighted by molar-refractivity contribution is 0.613. The van der Waals surface area contributed by atoms with Gasteiger partial charge >= 0.3 is 0 Å². The van der Waals surface area contributed by atoms with Crippen LogP contribution in [0.25, 0.3) is 10.9 Å². The first kappa shape index (κ1) is 10.3. The molecule has 0 radical (unpaired) electrons. The Bertz CT molecular complexity index is 484. The summed E-state index contributed by atoms with van der Waals surface area (Å²) in [6.07, 6.45) is 1.80. The average molecular weight is 222 g/mol. The van der Waals surface area contributed by atoms with Crippen LogP contribution in [-0.4, -0.2) is 17.0 Å². The van der Waals surface area contributed by atoms with Gasteiger partial charge in [0, 0.05) is 11.6 Å². The number of halogens is 1. The number of nitrogens with one attached hydrogen (secondary N) is 1. The van der Waals surface area contributed by atoms with Gasteiger partial charge in [-0.2, -0.15) is 0 Å². The van der Waals surface area contributed by atoms with Gasteiger partial charge in [0.25, 0.3) is 0 Å². The zero-order valence-corrected chi connectivity index (χ0v) is 9.42. The molecule has 2 rings (SSSR count). The van der Waals surface area contributed by atoms with E-state index < -0.39 is 0 Å². The highest BCUT2D eigenvalue weighted by Gasteiger charge is 2.08. The molecule has 2 aromatic rings. The van der Waals surface area contributed by atoms with E-state index in [0.717, 1.165) is 16.7 Å². The summed E-state index contributed by atoms with van der Waals surface area (Å²) in [5, 5.41) is 4.73. The van der Waals surface area contributed by atoms with Crippen LogP contribution in [0.15, 0.2) is 24.4 Å². The molecule has 1 heterocycles. The molecule has 0 aliphatic heterocycles. The molecule has 0 spiro atoms. The minimum Gasteiger partial charge on any atom is -0.311 e. The van der Waals surface area contributed by atoms with E-state index in [1.165, 1.54) is 0 Å². The van der Waals surface area contributed by atoms with Crippen LogP contribution in [0.5, 0.6) is 0 Å². The monoisotopic (exact) mass is 221 g/mol. The summed E-state index contributed by atoms with van der Waals surface area (Å²) in [7, 11) is 1.88. The van der Waals surface area contributed by atoms with Crippen LogP contribution in [0.2, 0.25) is 5.02 Å². The largest absolute Gasteiger partial charge is 0.311 e. The zero-order valence-electron chi connectivity index (χ0n) is 8.66. The molecule has 0 aliphatic carbocycles. The summed E-state index contributed by atoms with van der Waals surface area (Å²) < 4.78 is 0. The van der Waals surface area contributed by atoms with Crippen molar-refractivity contribution < 1.29 is 0 Å². The van der Waals surface area contributed by atoms with E-state index in [2.05, 4.69) is 15.3 Å². The quantitative estimate of drug-likeness (QED) is 0.847. The fourth-order valence-corrected chi connectivity index (χ4v) is 1.60. The van der Waals surface area contributed by atoms with E-state index >= 15 is 0 Å². The Morgan fingerprint density at radius 3 is 2.93 bits per heavy atom. The van der Waals surface area contributed by atoms with Crippen LogP contribution in [0.4, 0.5) is 0 Å². The molecule has 0 aliphatic rings. The third-order valence-electron chi connectivity index (χ3n) is 2.40. The summed E-state index contributed by atoms with van der Waals surface area (Å²) in [5.74, 6) is 0.762. The van der Waals surface area contributed by atoms with E-state index in [1.807, 2.05) is 32.2 Å². The van der Waals surface area contributed by atoms with Gasteiger partial charge in [-0.3, -0.25) is 0 Å². The molecular formula is C11H12ClN3. The molecule has 0 amide bonds. The maximum absolute atomic E-state index is 6.07. The second-order valence-corrected chi connectivity index (χ2v) is 3.82. The standard InChI is InChI=1S/C11H12ClN3/c1-7(13-2)11-14-6-8-4-3-5-9(12)10(8)15-11/h3-7,13H,1-2H3. The van der Waals surface area contributed by atoms with Crippen molar-refractivity contribution >= 4 is 22.5 Å². The average Bonchev–Trinajstić information content (AvgIpc) is 2.28. The van der Waals surface area contributed by atoms with Crippen molar-refractivity contribution in [3.05, 3.63) is 35.2 Å². The second kappa shape index (κ2) is 4.13. The van der Waals surface area contributed by atoms with E-state index in [1.54, 1.807) is 6.20 Å². The van der Waals surface area contributed by atoms with E-state index in [4.69, 9.17) is 11.6 Å². The Morgan fingerprint density at radius 1 is 1.40 bits per heavy atom. The van der Waals surface area contributed by atoms with Gasteiger partial charge in [-0.25, -0.2) is 9.97 Å². The maximum atomic E-state index is 6.07. The molecule has 3 nitrogen and oxygen atoms in total. The molecule has 0 saturated carbocycles. The fraction of sp³-hybridized carbons (Fsp3) is 0.273. The normalized spacial score (nSPS) is 13.0. The number of para-hydroxylation sites is 1. The molecule has 0 saturated heterocycles. The highest BCUT2D eigenvalue weighted by Crippen LogP contribution is 2.21. The van der Waals surface area contributed by atoms with Gasteiger partial charge in [-0.1, -0.05) is 23.7 Å². The van der Waals surface area contributed by atoms with Gasteiger partial charge in [0.15, 0.2) is 0 Å². The number of aromatic nitrogens is 2. The molecule has 1 atom stereocenters. The van der Waals surface area contributed by atoms with Gasteiger partial charge in [0.1, 0.15) is 5.82 Å². The van der Waals surface area contributed by atoms with Crippen molar-refractivity contribution in [3.8, 4) is 0 Å². The van der Waals surface area contributed by atoms with Crippen LogP contribution in [0.1, 0.15) is 18.8 Å². The molecule has 1 N–H and O–H groups in total. The predicted octanol–water partition coefficient (Wildman–Crippen LogP) is 2.56. The fourth-order valence-electron chi connectivity index (χ4n) is 1.37. The van der Waals surface area contributed by atoms with Crippen molar-refractivity contribution in [2.24, 2.45) is 0 Å². The van der Waals surface area contributed by atoms with Gasteiger partial charge < -0.3 is 5.32 Å². The molecule has 1 aromatic heterocycles. The van der Waals surface area contributed by atoms with Gasteiger partial charge in [0.05, 0.1) is 16.6 Å². The van der Waals surface area contributed by atoms with Crippen LogP contribution < -0.4 is 5.32 Å². The highest BCUT2D eigenvalue weighted by atomic mass is 35.5. The summed E-state index contributed by atoms with van der Waals surface area (Å²) in [6, 6.07) is 5.82. The van der Waals surface area contributed by atoms with Gasteiger partial charge in [0.2, 0.25) is 0 Å². The topological polar surface area (TPSA) is 37.8 Å². The Kier molecular flexibility index (Phi) is 2.84. The Morgan fingerprint density at radius 2 is 2.20 bits per heavy atom. The Balaban J connectivity index is 2.59. The number of fused-ring (bicyclic) bond motifs is 1. The lowest BCUT2D eigenvalue weighted by Crippen LogP contribution is -2.15. The Labute approximate surface area is 93.5 Å². The minimum absolute atomic E-state index is 0.130. The number of hydrogen-bond acceptors (Lipinski definition) is 3. The van der Waals surface area contributed by atoms with Crippen molar-refractivity contribution in [3.63, 3.8) is 0 Å². The Hall–Kier alpha value is -1.19. The summed E-state index contributed by atoms with van der Waals surface area (Å²) in [5.41, 5.74) is 0.811. The van der Waals surface area contributed by atoms with E-state index in [9.17, 15) is 0 Å². The number of hydrogen-bond donors (Lipinski definition) is 1. The maximum Gasteiger partial charge on any atom is 0.145 e. The zero-order chi connectivity index (χ0) is 10.8. The van der Waals surface area contributed by atoms with Crippen molar-refractivity contribution in [2.75, 3.05) is 7.05 Å². The molecule has 1 unspecified atom stereocenters. The van der Waals surface area contributed by atoms with E-state index in [-0.39, 0.29) is 6.04 Å². The van der Waals surface area contributed by atoms with Crippen LogP contribution in [-0.2, 0) is 0 Å². The third kappa shape index (κ3) is 1.94. The molecule has 78 valence electrons. The second-order valence-electron chi connectivity index (χ2n) is 3.42. The smallest absolute Gasteiger partial charge is 0.145 e. The minimum atomic E-state index is 0.130. The lowest BCUT2D eigenvalue weighted by atomic mass is 10.2. The number of benzene rings is 1. The van der Waals surface area contributed by atoms with E-state index in [0.29, 0.717) is 5.02 Å². The van der Waals surface area contributed by atoms with Gasteiger partial charge in [-0.15, -0.1) is 0 Å². The number of rotatable bonds is 2. The van der Waals surface area contributed by atoms with Crippen LogP contribution in [0, 0.1) is 0 Å². The lowest BCUT2D eigenvalue weighted by Gasteiger charge is -2.09. The van der Waals surface area contributed by atoms with Crippen LogP contribution in [0.3, 0.4) is 0 Å². The number of nitrogens with zero attached hydrogens (tertiary/aromatic N) is 2. The summed E-state index contributed by atoms with van der Waals surface area (Å²) >= 11 is 6.07. The molecular weight excluding hydrogens is 210 g/mol. The van der Waals surface area contributed by atoms with Crippen molar-refractivity contribution in [1.82, 2.24) is 15.3 Å². The molecule has 4 heteroatoms. The third-order valence-corrected chi connectivity index (χ3v) is 2.71. The first-order chi connectivity index (χ1) is 7.22. The molecule has 1 aromatic carbocycles. The molecule has 0 bridgehead atoms.